The van der Waals surface area contributed by atoms with E-state index in [0.717, 1.165) is 16.8 Å². The smallest absolute Gasteiger partial charge is 0.273 e. The molecule has 110 valence electrons. The zero-order chi connectivity index (χ0) is 15.9. The number of rotatable bonds is 1. The van der Waals surface area contributed by atoms with E-state index in [2.05, 4.69) is 11.1 Å². The van der Waals surface area contributed by atoms with Gasteiger partial charge in [0.2, 0.25) is 0 Å². The van der Waals surface area contributed by atoms with E-state index >= 15 is 0 Å². The van der Waals surface area contributed by atoms with E-state index in [1.807, 2.05) is 20.8 Å². The van der Waals surface area contributed by atoms with Gasteiger partial charge < -0.3 is 4.74 Å². The van der Waals surface area contributed by atoms with Gasteiger partial charge in [0.25, 0.3) is 5.56 Å². The molecule has 0 saturated heterocycles. The maximum atomic E-state index is 12.2. The first-order valence-electron chi connectivity index (χ1n) is 6.92. The first-order valence-corrected chi connectivity index (χ1v) is 6.92. The standard InChI is InChI=1S/C17H15N3O2/c1-11-16(20-7-6-19-10-15(20)21)13-8-12(9-18)4-5-14(13)22-17(11,2)3/h4-8,10H,1-3H3. The number of aromatic nitrogens is 2. The Hall–Kier alpha value is -2.87. The van der Waals surface area contributed by atoms with Crippen LogP contribution in [-0.2, 0) is 0 Å². The van der Waals surface area contributed by atoms with Crippen LogP contribution in [0.4, 0.5) is 0 Å². The maximum absolute atomic E-state index is 12.2. The summed E-state index contributed by atoms with van der Waals surface area (Å²) in [6.45, 7) is 5.84. The Bertz CT molecular complexity index is 885. The Morgan fingerprint density at radius 3 is 2.82 bits per heavy atom. The zero-order valence-electron chi connectivity index (χ0n) is 12.6. The van der Waals surface area contributed by atoms with Gasteiger partial charge >= 0.3 is 0 Å². The fraction of sp³-hybridized carbons (Fsp3) is 0.235. The summed E-state index contributed by atoms with van der Waals surface area (Å²) in [5, 5.41) is 9.13. The van der Waals surface area contributed by atoms with E-state index in [1.165, 1.54) is 6.20 Å². The van der Waals surface area contributed by atoms with Crippen LogP contribution in [0, 0.1) is 11.3 Å². The van der Waals surface area contributed by atoms with Gasteiger partial charge in [-0.3, -0.25) is 14.3 Å². The molecule has 5 heteroatoms. The molecule has 0 fully saturated rings. The van der Waals surface area contributed by atoms with Gasteiger partial charge in [0.15, 0.2) is 0 Å². The number of nitriles is 1. The molecule has 2 heterocycles. The molecule has 1 aliphatic heterocycles. The average molecular weight is 293 g/mol. The van der Waals surface area contributed by atoms with Crippen molar-refractivity contribution in [2.24, 2.45) is 0 Å². The molecule has 0 amide bonds. The lowest BCUT2D eigenvalue weighted by Gasteiger charge is -2.36. The summed E-state index contributed by atoms with van der Waals surface area (Å²) >= 11 is 0. The molecule has 0 aliphatic carbocycles. The lowest BCUT2D eigenvalue weighted by atomic mass is 9.90. The van der Waals surface area contributed by atoms with Crippen molar-refractivity contribution < 1.29 is 4.74 Å². The van der Waals surface area contributed by atoms with Crippen LogP contribution in [0.3, 0.4) is 0 Å². The largest absolute Gasteiger partial charge is 0.483 e. The summed E-state index contributed by atoms with van der Waals surface area (Å²) < 4.78 is 7.57. The fourth-order valence-electron chi connectivity index (χ4n) is 2.55. The van der Waals surface area contributed by atoms with E-state index in [9.17, 15) is 4.79 Å². The van der Waals surface area contributed by atoms with Gasteiger partial charge in [0, 0.05) is 18.0 Å². The molecule has 1 aliphatic rings. The minimum atomic E-state index is -0.542. The second-order valence-corrected chi connectivity index (χ2v) is 5.69. The van der Waals surface area contributed by atoms with Crippen LogP contribution in [0.25, 0.3) is 5.70 Å². The molecule has 5 nitrogen and oxygen atoms in total. The molecule has 0 radical (unpaired) electrons. The Balaban J connectivity index is 2.37. The number of nitrogens with zero attached hydrogens (tertiary/aromatic N) is 3. The number of fused-ring (bicyclic) bond motifs is 1. The maximum Gasteiger partial charge on any atom is 0.273 e. The summed E-state index contributed by atoms with van der Waals surface area (Å²) in [5.41, 5.74) is 2.17. The van der Waals surface area contributed by atoms with E-state index in [4.69, 9.17) is 10.00 Å². The second kappa shape index (κ2) is 4.85. The molecule has 0 bridgehead atoms. The molecule has 0 atom stereocenters. The molecule has 0 spiro atoms. The second-order valence-electron chi connectivity index (χ2n) is 5.69. The number of ether oxygens (including phenoxy) is 1. The van der Waals surface area contributed by atoms with E-state index in [1.54, 1.807) is 35.2 Å². The number of hydrogen-bond acceptors (Lipinski definition) is 4. The van der Waals surface area contributed by atoms with Gasteiger partial charge in [0.05, 0.1) is 23.5 Å². The van der Waals surface area contributed by atoms with Gasteiger partial charge in [0.1, 0.15) is 11.4 Å². The fourth-order valence-corrected chi connectivity index (χ4v) is 2.55. The molecular weight excluding hydrogens is 278 g/mol. The Morgan fingerprint density at radius 1 is 1.36 bits per heavy atom. The van der Waals surface area contributed by atoms with Gasteiger partial charge in [-0.25, -0.2) is 0 Å². The lowest BCUT2D eigenvalue weighted by molar-refractivity contribution is 0.143. The highest BCUT2D eigenvalue weighted by Gasteiger charge is 2.33. The first-order chi connectivity index (χ1) is 10.4. The number of benzene rings is 1. The van der Waals surface area contributed by atoms with Crippen molar-refractivity contribution in [1.29, 1.82) is 5.26 Å². The predicted octanol–water partition coefficient (Wildman–Crippen LogP) is 2.57. The quantitative estimate of drug-likeness (QED) is 0.810. The minimum Gasteiger partial charge on any atom is -0.483 e. The monoisotopic (exact) mass is 293 g/mol. The van der Waals surface area contributed by atoms with Crippen molar-refractivity contribution in [2.75, 3.05) is 0 Å². The van der Waals surface area contributed by atoms with Crippen LogP contribution in [0.1, 0.15) is 31.9 Å². The first kappa shape index (κ1) is 14.1. The Morgan fingerprint density at radius 2 is 2.14 bits per heavy atom. The highest BCUT2D eigenvalue weighted by Crippen LogP contribution is 2.41. The lowest BCUT2D eigenvalue weighted by Crippen LogP contribution is -2.36. The van der Waals surface area contributed by atoms with Gasteiger partial charge in [-0.1, -0.05) is 0 Å². The van der Waals surface area contributed by atoms with Crippen molar-refractivity contribution in [2.45, 2.75) is 26.4 Å². The van der Waals surface area contributed by atoms with Crippen LogP contribution in [0.15, 0.2) is 47.2 Å². The van der Waals surface area contributed by atoms with Crippen LogP contribution in [0.2, 0.25) is 0 Å². The van der Waals surface area contributed by atoms with Crippen LogP contribution in [0.5, 0.6) is 5.75 Å². The Kier molecular flexibility index (Phi) is 3.10. The van der Waals surface area contributed by atoms with Crippen molar-refractivity contribution in [3.63, 3.8) is 0 Å². The third-order valence-electron chi connectivity index (χ3n) is 3.95. The molecule has 0 N–H and O–H groups in total. The minimum absolute atomic E-state index is 0.220. The summed E-state index contributed by atoms with van der Waals surface area (Å²) in [4.78, 5) is 16.1. The van der Waals surface area contributed by atoms with E-state index in [0.29, 0.717) is 11.3 Å². The molecule has 1 aromatic carbocycles. The van der Waals surface area contributed by atoms with Crippen molar-refractivity contribution >= 4 is 5.70 Å². The summed E-state index contributed by atoms with van der Waals surface area (Å²) in [7, 11) is 0. The number of hydrogen-bond donors (Lipinski definition) is 0. The van der Waals surface area contributed by atoms with Crippen LogP contribution in [-0.4, -0.2) is 15.2 Å². The molecule has 1 aromatic heterocycles. The molecule has 22 heavy (non-hydrogen) atoms. The molecule has 3 rings (SSSR count). The van der Waals surface area contributed by atoms with Crippen LogP contribution < -0.4 is 10.3 Å². The van der Waals surface area contributed by atoms with Crippen molar-refractivity contribution in [1.82, 2.24) is 9.55 Å². The third-order valence-corrected chi connectivity index (χ3v) is 3.95. The normalized spacial score (nSPS) is 15.7. The highest BCUT2D eigenvalue weighted by atomic mass is 16.5. The van der Waals surface area contributed by atoms with E-state index in [-0.39, 0.29) is 5.56 Å². The highest BCUT2D eigenvalue weighted by molar-refractivity contribution is 5.77. The van der Waals surface area contributed by atoms with Crippen molar-refractivity contribution in [3.05, 3.63) is 63.8 Å². The zero-order valence-corrected chi connectivity index (χ0v) is 12.6. The Labute approximate surface area is 128 Å². The van der Waals surface area contributed by atoms with Gasteiger partial charge in [-0.05, 0) is 44.5 Å². The summed E-state index contributed by atoms with van der Waals surface area (Å²) in [6, 6.07) is 7.35. The topological polar surface area (TPSA) is 67.9 Å². The van der Waals surface area contributed by atoms with Gasteiger partial charge in [-0.15, -0.1) is 0 Å². The average Bonchev–Trinajstić information content (AvgIpc) is 2.49. The molecule has 0 saturated carbocycles. The van der Waals surface area contributed by atoms with Crippen LogP contribution >= 0.6 is 0 Å². The summed E-state index contributed by atoms with van der Waals surface area (Å²) in [6.07, 6.45) is 4.47. The SMILES string of the molecule is CC1=C(n2ccncc2=O)c2cc(C#N)ccc2OC1(C)C. The van der Waals surface area contributed by atoms with Crippen molar-refractivity contribution in [3.8, 4) is 11.8 Å². The molecule has 2 aromatic rings. The predicted molar refractivity (Wildman–Crippen MR) is 82.4 cm³/mol. The third kappa shape index (κ3) is 2.09. The van der Waals surface area contributed by atoms with E-state index < -0.39 is 5.60 Å². The summed E-state index contributed by atoms with van der Waals surface area (Å²) in [5.74, 6) is 0.660. The van der Waals surface area contributed by atoms with Gasteiger partial charge in [-0.2, -0.15) is 5.26 Å². The molecular formula is C17H15N3O2. The molecule has 0 unspecified atom stereocenters.